The lowest BCUT2D eigenvalue weighted by Gasteiger charge is -2.16. The van der Waals surface area contributed by atoms with Crippen molar-refractivity contribution in [2.24, 2.45) is 0 Å². The predicted molar refractivity (Wildman–Crippen MR) is 67.1 cm³/mol. The number of fused-ring (bicyclic) bond motifs is 1. The maximum Gasteiger partial charge on any atom is 0.170 e. The highest BCUT2D eigenvalue weighted by Gasteiger charge is 2.20. The highest BCUT2D eigenvalue weighted by molar-refractivity contribution is 6.06. The van der Waals surface area contributed by atoms with E-state index in [0.717, 1.165) is 11.1 Å². The van der Waals surface area contributed by atoms with E-state index in [1.807, 2.05) is 24.3 Å². The topological polar surface area (TPSA) is 26.3 Å². The molecule has 0 aliphatic heterocycles. The third-order valence-electron chi connectivity index (χ3n) is 2.64. The summed E-state index contributed by atoms with van der Waals surface area (Å²) in [6, 6.07) is 7.78. The van der Waals surface area contributed by atoms with Crippen molar-refractivity contribution in [3.05, 3.63) is 53.3 Å². The minimum atomic E-state index is 0.0192. The van der Waals surface area contributed by atoms with Gasteiger partial charge in [-0.3, -0.25) is 4.79 Å². The number of Topliss-reactive ketones (excluding diaryl/α,β-unsaturated/α-hetero) is 1. The van der Waals surface area contributed by atoms with E-state index in [1.165, 1.54) is 0 Å². The molecular formula is C15H12O2. The van der Waals surface area contributed by atoms with Gasteiger partial charge in [0, 0.05) is 6.42 Å². The molecule has 0 fully saturated rings. The Balaban J connectivity index is 2.30. The van der Waals surface area contributed by atoms with Crippen LogP contribution in [0.15, 0.2) is 42.2 Å². The van der Waals surface area contributed by atoms with Crippen LogP contribution in [0.1, 0.15) is 11.1 Å². The number of hydrogen-bond donors (Lipinski definition) is 0. The molecular weight excluding hydrogens is 212 g/mol. The lowest BCUT2D eigenvalue weighted by Crippen LogP contribution is -2.14. The molecule has 0 atom stereocenters. The normalized spacial score (nSPS) is 13.4. The summed E-state index contributed by atoms with van der Waals surface area (Å²) in [7, 11) is 0. The van der Waals surface area contributed by atoms with E-state index in [0.29, 0.717) is 17.8 Å². The second kappa shape index (κ2) is 4.71. The largest absolute Gasteiger partial charge is 0.481 e. The van der Waals surface area contributed by atoms with Crippen LogP contribution in [0.2, 0.25) is 0 Å². The molecule has 1 aliphatic rings. The molecule has 0 amide bonds. The second-order valence-electron chi connectivity index (χ2n) is 3.77. The van der Waals surface area contributed by atoms with Crippen LogP contribution in [-0.4, -0.2) is 12.4 Å². The number of carbonyl (C=O) groups is 1. The molecule has 2 heteroatoms. The summed E-state index contributed by atoms with van der Waals surface area (Å²) in [5.41, 5.74) is 2.58. The van der Waals surface area contributed by atoms with Crippen molar-refractivity contribution in [3.63, 3.8) is 0 Å². The molecule has 84 valence electrons. The molecule has 2 rings (SSSR count). The van der Waals surface area contributed by atoms with Crippen LogP contribution >= 0.6 is 0 Å². The zero-order valence-electron chi connectivity index (χ0n) is 9.40. The Labute approximate surface area is 101 Å². The first-order chi connectivity index (χ1) is 8.22. The van der Waals surface area contributed by atoms with Gasteiger partial charge in [-0.1, -0.05) is 36.8 Å². The van der Waals surface area contributed by atoms with Gasteiger partial charge in [0.25, 0.3) is 0 Å². The Morgan fingerprint density at radius 2 is 2.24 bits per heavy atom. The van der Waals surface area contributed by atoms with Gasteiger partial charge < -0.3 is 4.74 Å². The van der Waals surface area contributed by atoms with E-state index in [4.69, 9.17) is 11.2 Å². The molecule has 0 bridgehead atoms. The SMILES string of the molecule is C#CCOC(=C)C1=Cc2ccccc2CC1=O. The molecule has 0 N–H and O–H groups in total. The van der Waals surface area contributed by atoms with Crippen LogP contribution in [-0.2, 0) is 16.0 Å². The van der Waals surface area contributed by atoms with Gasteiger partial charge in [0.2, 0.25) is 0 Å². The van der Waals surface area contributed by atoms with Crippen LogP contribution in [0, 0.1) is 12.3 Å². The minimum Gasteiger partial charge on any atom is -0.481 e. The van der Waals surface area contributed by atoms with Gasteiger partial charge in [-0.05, 0) is 17.2 Å². The van der Waals surface area contributed by atoms with Crippen LogP contribution in [0.3, 0.4) is 0 Å². The highest BCUT2D eigenvalue weighted by Crippen LogP contribution is 2.25. The van der Waals surface area contributed by atoms with Gasteiger partial charge in [0.05, 0.1) is 5.57 Å². The molecule has 0 saturated carbocycles. The van der Waals surface area contributed by atoms with Crippen molar-refractivity contribution in [2.75, 3.05) is 6.61 Å². The van der Waals surface area contributed by atoms with Crippen molar-refractivity contribution in [3.8, 4) is 12.3 Å². The van der Waals surface area contributed by atoms with Gasteiger partial charge in [0.15, 0.2) is 5.78 Å². The zero-order valence-corrected chi connectivity index (χ0v) is 9.40. The highest BCUT2D eigenvalue weighted by atomic mass is 16.5. The quantitative estimate of drug-likeness (QED) is 0.582. The molecule has 1 aromatic carbocycles. The predicted octanol–water partition coefficient (Wildman–Crippen LogP) is 2.36. The number of allylic oxidation sites excluding steroid dienone is 1. The van der Waals surface area contributed by atoms with Crippen molar-refractivity contribution in [1.29, 1.82) is 0 Å². The molecule has 0 saturated heterocycles. The first-order valence-electron chi connectivity index (χ1n) is 5.30. The third kappa shape index (κ3) is 2.29. The molecule has 0 unspecified atom stereocenters. The molecule has 1 aliphatic carbocycles. The van der Waals surface area contributed by atoms with E-state index < -0.39 is 0 Å². The van der Waals surface area contributed by atoms with Crippen LogP contribution < -0.4 is 0 Å². The number of hydrogen-bond acceptors (Lipinski definition) is 2. The summed E-state index contributed by atoms with van der Waals surface area (Å²) in [5.74, 6) is 2.72. The lowest BCUT2D eigenvalue weighted by atomic mass is 9.90. The molecule has 0 spiro atoms. The fourth-order valence-corrected chi connectivity index (χ4v) is 1.78. The number of carbonyl (C=O) groups excluding carboxylic acids is 1. The molecule has 0 aromatic heterocycles. The fourth-order valence-electron chi connectivity index (χ4n) is 1.78. The zero-order chi connectivity index (χ0) is 12.3. The summed E-state index contributed by atoms with van der Waals surface area (Å²) in [5, 5.41) is 0. The standard InChI is InChI=1S/C15H12O2/c1-3-8-17-11(2)14-9-12-6-4-5-7-13(12)10-15(14)16/h1,4-7,9H,2,8,10H2. The van der Waals surface area contributed by atoms with Gasteiger partial charge >= 0.3 is 0 Å². The van der Waals surface area contributed by atoms with Crippen molar-refractivity contribution >= 4 is 11.9 Å². The van der Waals surface area contributed by atoms with Gasteiger partial charge in [0.1, 0.15) is 12.4 Å². The Hall–Kier alpha value is -2.27. The number of ketones is 1. The molecule has 0 heterocycles. The average Bonchev–Trinajstić information content (AvgIpc) is 2.35. The number of rotatable bonds is 3. The van der Waals surface area contributed by atoms with E-state index in [2.05, 4.69) is 12.5 Å². The Kier molecular flexibility index (Phi) is 3.11. The average molecular weight is 224 g/mol. The van der Waals surface area contributed by atoms with Gasteiger partial charge in [-0.15, -0.1) is 6.42 Å². The van der Waals surface area contributed by atoms with Gasteiger partial charge in [-0.25, -0.2) is 0 Å². The fraction of sp³-hybridized carbons (Fsp3) is 0.133. The smallest absolute Gasteiger partial charge is 0.170 e. The maximum absolute atomic E-state index is 11.9. The number of benzene rings is 1. The van der Waals surface area contributed by atoms with Crippen LogP contribution in [0.25, 0.3) is 6.08 Å². The summed E-state index contributed by atoms with van der Waals surface area (Å²) < 4.78 is 5.20. The van der Waals surface area contributed by atoms with E-state index in [-0.39, 0.29) is 12.4 Å². The molecule has 17 heavy (non-hydrogen) atoms. The monoisotopic (exact) mass is 224 g/mol. The van der Waals surface area contributed by atoms with Crippen LogP contribution in [0.4, 0.5) is 0 Å². The number of ether oxygens (including phenoxy) is 1. The van der Waals surface area contributed by atoms with Crippen molar-refractivity contribution in [2.45, 2.75) is 6.42 Å². The van der Waals surface area contributed by atoms with Crippen LogP contribution in [0.5, 0.6) is 0 Å². The summed E-state index contributed by atoms with van der Waals surface area (Å²) in [4.78, 5) is 11.9. The van der Waals surface area contributed by atoms with Crippen molar-refractivity contribution in [1.82, 2.24) is 0 Å². The Morgan fingerprint density at radius 3 is 3.00 bits per heavy atom. The van der Waals surface area contributed by atoms with E-state index in [9.17, 15) is 4.79 Å². The third-order valence-corrected chi connectivity index (χ3v) is 2.64. The number of terminal acetylenes is 1. The summed E-state index contributed by atoms with van der Waals surface area (Å²) >= 11 is 0. The Bertz CT molecular complexity index is 544. The molecule has 2 nitrogen and oxygen atoms in total. The summed E-state index contributed by atoms with van der Waals surface area (Å²) in [6.07, 6.45) is 7.29. The molecule has 0 radical (unpaired) electrons. The first kappa shape index (κ1) is 11.2. The lowest BCUT2D eigenvalue weighted by molar-refractivity contribution is -0.115. The van der Waals surface area contributed by atoms with Gasteiger partial charge in [-0.2, -0.15) is 0 Å². The molecule has 1 aromatic rings. The van der Waals surface area contributed by atoms with Crippen molar-refractivity contribution < 1.29 is 9.53 Å². The second-order valence-corrected chi connectivity index (χ2v) is 3.77. The Morgan fingerprint density at radius 1 is 1.47 bits per heavy atom. The van der Waals surface area contributed by atoms with E-state index >= 15 is 0 Å². The maximum atomic E-state index is 11.9. The first-order valence-corrected chi connectivity index (χ1v) is 5.30. The van der Waals surface area contributed by atoms with E-state index in [1.54, 1.807) is 6.08 Å². The summed E-state index contributed by atoms with van der Waals surface area (Å²) in [6.45, 7) is 3.86. The minimum absolute atomic E-state index is 0.0192.